The number of nitrogens with one attached hydrogen (secondary N) is 3. The predicted molar refractivity (Wildman–Crippen MR) is 77.1 cm³/mol. The second-order valence-corrected chi connectivity index (χ2v) is 5.30. The van der Waals surface area contributed by atoms with Crippen LogP contribution in [0.4, 0.5) is 5.69 Å². The molecule has 1 aromatic rings. The third-order valence-corrected chi connectivity index (χ3v) is 3.88. The van der Waals surface area contributed by atoms with Crippen molar-refractivity contribution in [2.75, 3.05) is 24.0 Å². The van der Waals surface area contributed by atoms with E-state index >= 15 is 0 Å². The number of thioether (sulfide) groups is 1. The van der Waals surface area contributed by atoms with Crippen LogP contribution in [0.3, 0.4) is 0 Å². The Balaban J connectivity index is 2.06. The molecule has 19 heavy (non-hydrogen) atoms. The van der Waals surface area contributed by atoms with Gasteiger partial charge in [-0.3, -0.25) is 14.9 Å². The van der Waals surface area contributed by atoms with Crippen molar-refractivity contribution in [3.8, 4) is 0 Å². The summed E-state index contributed by atoms with van der Waals surface area (Å²) >= 11 is 1.70. The molecule has 0 bridgehead atoms. The largest absolute Gasteiger partial charge is 0.359 e. The molecule has 2 amide bonds. The lowest BCUT2D eigenvalue weighted by molar-refractivity contribution is -0.120. The molecule has 0 aromatic heterocycles. The van der Waals surface area contributed by atoms with Crippen LogP contribution in [0.15, 0.2) is 24.3 Å². The first-order valence-electron chi connectivity index (χ1n) is 6.11. The summed E-state index contributed by atoms with van der Waals surface area (Å²) in [7, 11) is 1.60. The fourth-order valence-electron chi connectivity index (χ4n) is 1.84. The monoisotopic (exact) mass is 279 g/mol. The van der Waals surface area contributed by atoms with Gasteiger partial charge in [0, 0.05) is 24.4 Å². The van der Waals surface area contributed by atoms with E-state index in [2.05, 4.69) is 16.0 Å². The van der Waals surface area contributed by atoms with E-state index in [1.54, 1.807) is 18.8 Å². The minimum absolute atomic E-state index is 0.0469. The number of amides is 2. The van der Waals surface area contributed by atoms with Gasteiger partial charge in [0.25, 0.3) is 0 Å². The summed E-state index contributed by atoms with van der Waals surface area (Å²) in [6, 6.07) is 7.22. The highest BCUT2D eigenvalue weighted by Gasteiger charge is 2.23. The molecule has 0 saturated carbocycles. The number of rotatable bonds is 4. The average molecular weight is 279 g/mol. The third kappa shape index (κ3) is 3.71. The molecule has 1 unspecified atom stereocenters. The Labute approximate surface area is 116 Å². The second-order valence-electron chi connectivity index (χ2n) is 4.27. The predicted octanol–water partition coefficient (Wildman–Crippen LogP) is 0.576. The minimum atomic E-state index is -0.155. The maximum atomic E-state index is 12.0. The van der Waals surface area contributed by atoms with E-state index in [0.717, 1.165) is 17.2 Å². The Morgan fingerprint density at radius 1 is 1.42 bits per heavy atom. The van der Waals surface area contributed by atoms with E-state index in [1.807, 2.05) is 24.3 Å². The van der Waals surface area contributed by atoms with Crippen LogP contribution in [-0.4, -0.2) is 36.5 Å². The van der Waals surface area contributed by atoms with Crippen molar-refractivity contribution in [3.05, 3.63) is 29.8 Å². The summed E-state index contributed by atoms with van der Waals surface area (Å²) in [6.07, 6.45) is 0.264. The molecule has 6 heteroatoms. The molecule has 2 rings (SSSR count). The molecule has 1 aliphatic heterocycles. The summed E-state index contributed by atoms with van der Waals surface area (Å²) in [4.78, 5) is 23.5. The molecule has 1 fully saturated rings. The van der Waals surface area contributed by atoms with Crippen LogP contribution >= 0.6 is 11.8 Å². The smallest absolute Gasteiger partial charge is 0.242 e. The highest BCUT2D eigenvalue weighted by Crippen LogP contribution is 2.17. The summed E-state index contributed by atoms with van der Waals surface area (Å²) in [5.41, 5.74) is 1.52. The molecular formula is C13H17N3O2S. The van der Waals surface area contributed by atoms with Gasteiger partial charge in [-0.15, -0.1) is 11.8 Å². The van der Waals surface area contributed by atoms with Crippen molar-refractivity contribution >= 4 is 29.3 Å². The Kier molecular flexibility index (Phi) is 4.81. The van der Waals surface area contributed by atoms with E-state index in [4.69, 9.17) is 0 Å². The van der Waals surface area contributed by atoms with Gasteiger partial charge in [0.1, 0.15) is 0 Å². The molecule has 3 N–H and O–H groups in total. The van der Waals surface area contributed by atoms with Gasteiger partial charge in [0.2, 0.25) is 11.8 Å². The SMILES string of the molecule is CNC(=O)Cc1ccccc1NC(=O)C1CSCN1. The first kappa shape index (κ1) is 13.9. The lowest BCUT2D eigenvalue weighted by atomic mass is 10.1. The average Bonchev–Trinajstić information content (AvgIpc) is 2.95. The quantitative estimate of drug-likeness (QED) is 0.754. The maximum Gasteiger partial charge on any atom is 0.242 e. The highest BCUT2D eigenvalue weighted by atomic mass is 32.2. The molecule has 102 valence electrons. The van der Waals surface area contributed by atoms with Gasteiger partial charge in [-0.1, -0.05) is 18.2 Å². The fourth-order valence-corrected chi connectivity index (χ4v) is 2.78. The van der Waals surface area contributed by atoms with Gasteiger partial charge in [0.05, 0.1) is 12.5 Å². The van der Waals surface area contributed by atoms with E-state index in [0.29, 0.717) is 5.69 Å². The van der Waals surface area contributed by atoms with Crippen molar-refractivity contribution in [2.24, 2.45) is 0 Å². The number of benzene rings is 1. The van der Waals surface area contributed by atoms with Gasteiger partial charge in [-0.25, -0.2) is 0 Å². The van der Waals surface area contributed by atoms with E-state index in [9.17, 15) is 9.59 Å². The zero-order chi connectivity index (χ0) is 13.7. The molecular weight excluding hydrogens is 262 g/mol. The second kappa shape index (κ2) is 6.58. The van der Waals surface area contributed by atoms with E-state index in [-0.39, 0.29) is 24.3 Å². The zero-order valence-electron chi connectivity index (χ0n) is 10.7. The molecule has 1 heterocycles. The number of para-hydroxylation sites is 1. The molecule has 0 radical (unpaired) electrons. The maximum absolute atomic E-state index is 12.0. The Morgan fingerprint density at radius 2 is 2.21 bits per heavy atom. The van der Waals surface area contributed by atoms with Crippen molar-refractivity contribution in [3.63, 3.8) is 0 Å². The van der Waals surface area contributed by atoms with Crippen LogP contribution in [0.25, 0.3) is 0 Å². The molecule has 1 aromatic carbocycles. The number of likely N-dealkylation sites (N-methyl/N-ethyl adjacent to an activating group) is 1. The molecule has 1 aliphatic rings. The lowest BCUT2D eigenvalue weighted by Crippen LogP contribution is -2.37. The van der Waals surface area contributed by atoms with Crippen LogP contribution < -0.4 is 16.0 Å². The Hall–Kier alpha value is -1.53. The standard InChI is InChI=1S/C13H17N3O2S/c1-14-12(17)6-9-4-2-3-5-10(9)16-13(18)11-7-19-8-15-11/h2-5,11,15H,6-8H2,1H3,(H,14,17)(H,16,18). The first-order valence-corrected chi connectivity index (χ1v) is 7.26. The molecule has 0 aliphatic carbocycles. The summed E-state index contributed by atoms with van der Waals surface area (Å²) in [6.45, 7) is 0. The molecule has 5 nitrogen and oxygen atoms in total. The molecule has 1 saturated heterocycles. The first-order chi connectivity index (χ1) is 9.20. The molecule has 0 spiro atoms. The number of carbonyl (C=O) groups is 2. The Bertz CT molecular complexity index is 473. The summed E-state index contributed by atoms with van der Waals surface area (Å²) < 4.78 is 0. The molecule has 1 atom stereocenters. The van der Waals surface area contributed by atoms with Crippen LogP contribution in [0, 0.1) is 0 Å². The van der Waals surface area contributed by atoms with Crippen LogP contribution in [0.1, 0.15) is 5.56 Å². The number of hydrogen-bond acceptors (Lipinski definition) is 4. The topological polar surface area (TPSA) is 70.2 Å². The minimum Gasteiger partial charge on any atom is -0.359 e. The summed E-state index contributed by atoms with van der Waals surface area (Å²) in [5, 5.41) is 8.59. The zero-order valence-corrected chi connectivity index (χ0v) is 11.5. The van der Waals surface area contributed by atoms with Gasteiger partial charge < -0.3 is 10.6 Å². The van der Waals surface area contributed by atoms with E-state index in [1.165, 1.54) is 0 Å². The van der Waals surface area contributed by atoms with Gasteiger partial charge >= 0.3 is 0 Å². The van der Waals surface area contributed by atoms with Crippen LogP contribution in [0.2, 0.25) is 0 Å². The Morgan fingerprint density at radius 3 is 2.89 bits per heavy atom. The number of anilines is 1. The van der Waals surface area contributed by atoms with Gasteiger partial charge in [0.15, 0.2) is 0 Å². The lowest BCUT2D eigenvalue weighted by Gasteiger charge is -2.13. The van der Waals surface area contributed by atoms with Crippen molar-refractivity contribution in [1.29, 1.82) is 0 Å². The third-order valence-electron chi connectivity index (χ3n) is 2.94. The van der Waals surface area contributed by atoms with Gasteiger partial charge in [-0.2, -0.15) is 0 Å². The highest BCUT2D eigenvalue weighted by molar-refractivity contribution is 7.99. The van der Waals surface area contributed by atoms with Crippen LogP contribution in [-0.2, 0) is 16.0 Å². The van der Waals surface area contributed by atoms with Gasteiger partial charge in [-0.05, 0) is 11.6 Å². The van der Waals surface area contributed by atoms with Crippen LogP contribution in [0.5, 0.6) is 0 Å². The number of hydrogen-bond donors (Lipinski definition) is 3. The fraction of sp³-hybridized carbons (Fsp3) is 0.385. The van der Waals surface area contributed by atoms with E-state index < -0.39 is 0 Å². The van der Waals surface area contributed by atoms with Crippen molar-refractivity contribution in [1.82, 2.24) is 10.6 Å². The normalized spacial score (nSPS) is 18.1. The summed E-state index contributed by atoms with van der Waals surface area (Å²) in [5.74, 6) is 1.46. The van der Waals surface area contributed by atoms with Crippen molar-refractivity contribution in [2.45, 2.75) is 12.5 Å². The number of carbonyl (C=O) groups excluding carboxylic acids is 2. The van der Waals surface area contributed by atoms with Crippen molar-refractivity contribution < 1.29 is 9.59 Å².